The first kappa shape index (κ1) is 28.3. The second kappa shape index (κ2) is 12.8. The smallest absolute Gasteiger partial charge is 0.406 e. The number of carbonyl (C=O) groups is 2. The minimum Gasteiger partial charge on any atom is -0.406 e. The van der Waals surface area contributed by atoms with Gasteiger partial charge in [0.2, 0.25) is 11.8 Å². The van der Waals surface area contributed by atoms with Gasteiger partial charge in [0, 0.05) is 37.8 Å². The number of benzene rings is 2. The SMILES string of the molecule is Cc1ccc([C@@H](CC(=O)N2CCOCC2)C(=O)N[C@H](CNc2ccc(OC(F)(F)F)cc2)C(C)C)cc1. The minimum atomic E-state index is -4.75. The molecule has 1 aliphatic rings. The van der Waals surface area contributed by atoms with E-state index in [2.05, 4.69) is 15.4 Å². The predicted molar refractivity (Wildman–Crippen MR) is 134 cm³/mol. The fourth-order valence-electron chi connectivity index (χ4n) is 4.02. The van der Waals surface area contributed by atoms with Crippen molar-refractivity contribution in [3.63, 3.8) is 0 Å². The number of hydrogen-bond acceptors (Lipinski definition) is 5. The van der Waals surface area contributed by atoms with Gasteiger partial charge in [0.1, 0.15) is 5.75 Å². The van der Waals surface area contributed by atoms with Crippen LogP contribution in [0.25, 0.3) is 0 Å². The molecule has 2 aromatic rings. The van der Waals surface area contributed by atoms with Crippen LogP contribution in [-0.2, 0) is 14.3 Å². The summed E-state index contributed by atoms with van der Waals surface area (Å²) < 4.78 is 46.4. The highest BCUT2D eigenvalue weighted by Crippen LogP contribution is 2.25. The van der Waals surface area contributed by atoms with Crippen molar-refractivity contribution >= 4 is 17.5 Å². The van der Waals surface area contributed by atoms with Gasteiger partial charge in [-0.1, -0.05) is 43.7 Å². The van der Waals surface area contributed by atoms with E-state index in [9.17, 15) is 22.8 Å². The number of ether oxygens (including phenoxy) is 2. The Balaban J connectivity index is 1.67. The first-order valence-electron chi connectivity index (χ1n) is 12.3. The van der Waals surface area contributed by atoms with E-state index in [0.717, 1.165) is 11.1 Å². The Labute approximate surface area is 215 Å². The number of halogens is 3. The van der Waals surface area contributed by atoms with Crippen LogP contribution in [0.3, 0.4) is 0 Å². The Morgan fingerprint density at radius 1 is 1.03 bits per heavy atom. The molecule has 0 radical (unpaired) electrons. The van der Waals surface area contributed by atoms with Crippen LogP contribution in [0, 0.1) is 12.8 Å². The Kier molecular flexibility index (Phi) is 9.79. The third kappa shape index (κ3) is 8.96. The number of morpholine rings is 1. The molecule has 0 aliphatic carbocycles. The number of hydrogen-bond donors (Lipinski definition) is 2. The van der Waals surface area contributed by atoms with E-state index in [1.54, 1.807) is 4.90 Å². The molecule has 1 fully saturated rings. The van der Waals surface area contributed by atoms with Gasteiger partial charge >= 0.3 is 6.36 Å². The number of carbonyl (C=O) groups excluding carboxylic acids is 2. The molecule has 2 aromatic carbocycles. The van der Waals surface area contributed by atoms with Gasteiger partial charge in [-0.15, -0.1) is 13.2 Å². The normalized spacial score (nSPS) is 15.7. The van der Waals surface area contributed by atoms with E-state index < -0.39 is 12.3 Å². The number of anilines is 1. The highest BCUT2D eigenvalue weighted by Gasteiger charge is 2.31. The number of aryl methyl sites for hydroxylation is 1. The summed E-state index contributed by atoms with van der Waals surface area (Å²) in [4.78, 5) is 28.2. The molecular weight excluding hydrogens is 487 g/mol. The molecule has 10 heteroatoms. The van der Waals surface area contributed by atoms with Crippen molar-refractivity contribution in [1.29, 1.82) is 0 Å². The highest BCUT2D eigenvalue weighted by atomic mass is 19.4. The summed E-state index contributed by atoms with van der Waals surface area (Å²) in [6, 6.07) is 12.7. The molecule has 1 saturated heterocycles. The zero-order valence-corrected chi connectivity index (χ0v) is 21.3. The van der Waals surface area contributed by atoms with Gasteiger partial charge in [0.15, 0.2) is 0 Å². The molecular formula is C27H34F3N3O4. The Hall–Kier alpha value is -3.27. The van der Waals surface area contributed by atoms with Crippen molar-refractivity contribution in [3.05, 3.63) is 59.7 Å². The van der Waals surface area contributed by atoms with Crippen molar-refractivity contribution in [2.24, 2.45) is 5.92 Å². The van der Waals surface area contributed by atoms with E-state index in [0.29, 0.717) is 38.5 Å². The van der Waals surface area contributed by atoms with Crippen molar-refractivity contribution < 1.29 is 32.2 Å². The van der Waals surface area contributed by atoms with Crippen molar-refractivity contribution in [2.75, 3.05) is 38.2 Å². The molecule has 37 heavy (non-hydrogen) atoms. The lowest BCUT2D eigenvalue weighted by molar-refractivity contribution is -0.274. The molecule has 202 valence electrons. The van der Waals surface area contributed by atoms with E-state index >= 15 is 0 Å². The molecule has 0 unspecified atom stereocenters. The van der Waals surface area contributed by atoms with Crippen molar-refractivity contribution in [2.45, 2.75) is 45.5 Å². The molecule has 3 rings (SSSR count). The van der Waals surface area contributed by atoms with Crippen molar-refractivity contribution in [1.82, 2.24) is 10.2 Å². The summed E-state index contributed by atoms with van der Waals surface area (Å²) in [5, 5.41) is 6.24. The number of alkyl halides is 3. The van der Waals surface area contributed by atoms with Crippen LogP contribution in [0.5, 0.6) is 5.75 Å². The van der Waals surface area contributed by atoms with Crippen LogP contribution in [-0.4, -0.2) is 62.0 Å². The average molecular weight is 522 g/mol. The summed E-state index contributed by atoms with van der Waals surface area (Å²) in [7, 11) is 0. The van der Waals surface area contributed by atoms with Crippen LogP contribution < -0.4 is 15.4 Å². The first-order chi connectivity index (χ1) is 17.5. The van der Waals surface area contributed by atoms with Crippen LogP contribution in [0.1, 0.15) is 37.3 Å². The number of amides is 2. The highest BCUT2D eigenvalue weighted by molar-refractivity contribution is 5.90. The lowest BCUT2D eigenvalue weighted by Crippen LogP contribution is -2.47. The van der Waals surface area contributed by atoms with E-state index in [4.69, 9.17) is 4.74 Å². The molecule has 0 bridgehead atoms. The van der Waals surface area contributed by atoms with Crippen LogP contribution in [0.15, 0.2) is 48.5 Å². The van der Waals surface area contributed by atoms with Gasteiger partial charge in [0.25, 0.3) is 0 Å². The van der Waals surface area contributed by atoms with E-state index in [1.807, 2.05) is 45.0 Å². The second-order valence-corrected chi connectivity index (χ2v) is 9.47. The lowest BCUT2D eigenvalue weighted by atomic mass is 9.92. The minimum absolute atomic E-state index is 0.0494. The second-order valence-electron chi connectivity index (χ2n) is 9.47. The van der Waals surface area contributed by atoms with Crippen LogP contribution >= 0.6 is 0 Å². The Bertz CT molecular complexity index is 1020. The zero-order chi connectivity index (χ0) is 27.0. The van der Waals surface area contributed by atoms with E-state index in [-0.39, 0.29) is 35.9 Å². The molecule has 2 N–H and O–H groups in total. The van der Waals surface area contributed by atoms with Gasteiger partial charge in [-0.05, 0) is 42.7 Å². The van der Waals surface area contributed by atoms with Gasteiger partial charge in [-0.25, -0.2) is 0 Å². The number of rotatable bonds is 10. The van der Waals surface area contributed by atoms with Gasteiger partial charge in [0.05, 0.1) is 19.1 Å². The first-order valence-corrected chi connectivity index (χ1v) is 12.3. The maximum atomic E-state index is 13.5. The maximum absolute atomic E-state index is 13.5. The van der Waals surface area contributed by atoms with Gasteiger partial charge in [-0.3, -0.25) is 9.59 Å². The largest absolute Gasteiger partial charge is 0.573 e. The lowest BCUT2D eigenvalue weighted by Gasteiger charge is -2.30. The monoisotopic (exact) mass is 521 g/mol. The Morgan fingerprint density at radius 3 is 2.22 bits per heavy atom. The van der Waals surface area contributed by atoms with Crippen LogP contribution in [0.4, 0.5) is 18.9 Å². The maximum Gasteiger partial charge on any atom is 0.573 e. The van der Waals surface area contributed by atoms with Crippen LogP contribution in [0.2, 0.25) is 0 Å². The summed E-state index contributed by atoms with van der Waals surface area (Å²) in [5.74, 6) is -1.25. The Morgan fingerprint density at radius 2 is 1.65 bits per heavy atom. The molecule has 2 amide bonds. The third-order valence-electron chi connectivity index (χ3n) is 6.29. The average Bonchev–Trinajstić information content (AvgIpc) is 2.85. The molecule has 0 spiro atoms. The fraction of sp³-hybridized carbons (Fsp3) is 0.481. The molecule has 1 aliphatic heterocycles. The van der Waals surface area contributed by atoms with Crippen molar-refractivity contribution in [3.8, 4) is 5.75 Å². The van der Waals surface area contributed by atoms with Gasteiger partial charge < -0.3 is 25.0 Å². The summed E-state index contributed by atoms with van der Waals surface area (Å²) in [6.07, 6.45) is -4.70. The summed E-state index contributed by atoms with van der Waals surface area (Å²) >= 11 is 0. The number of nitrogens with one attached hydrogen (secondary N) is 2. The standard InChI is InChI=1S/C27H34F3N3O4/c1-18(2)24(17-31-21-8-10-22(11-9-21)37-27(28,29)30)32-26(35)23(20-6-4-19(3)5-7-20)16-25(34)33-12-14-36-15-13-33/h4-11,18,23-24,31H,12-17H2,1-3H3,(H,32,35)/t23-,24-/m1/s1. The summed E-state index contributed by atoms with van der Waals surface area (Å²) in [5.41, 5.74) is 2.41. The fourth-order valence-corrected chi connectivity index (χ4v) is 4.02. The zero-order valence-electron chi connectivity index (χ0n) is 21.3. The summed E-state index contributed by atoms with van der Waals surface area (Å²) in [6.45, 7) is 8.22. The number of nitrogens with zero attached hydrogens (tertiary/aromatic N) is 1. The molecule has 0 saturated carbocycles. The van der Waals surface area contributed by atoms with E-state index in [1.165, 1.54) is 24.3 Å². The molecule has 2 atom stereocenters. The topological polar surface area (TPSA) is 79.9 Å². The molecule has 0 aromatic heterocycles. The molecule has 7 nitrogen and oxygen atoms in total. The molecule has 1 heterocycles. The van der Waals surface area contributed by atoms with Gasteiger partial charge in [-0.2, -0.15) is 0 Å². The quantitative estimate of drug-likeness (QED) is 0.482. The predicted octanol–water partition coefficient (Wildman–Crippen LogP) is 4.48. The third-order valence-corrected chi connectivity index (χ3v) is 6.29.